The van der Waals surface area contributed by atoms with Crippen LogP contribution >= 0.6 is 0 Å². The molecule has 1 N–H and O–H groups in total. The van der Waals surface area contributed by atoms with Crippen LogP contribution in [0.15, 0.2) is 34.9 Å². The molecule has 0 spiro atoms. The molecule has 18 heavy (non-hydrogen) atoms. The third-order valence-corrected chi connectivity index (χ3v) is 2.73. The highest BCUT2D eigenvalue weighted by Gasteiger charge is 2.12. The van der Waals surface area contributed by atoms with E-state index in [9.17, 15) is 4.79 Å². The Morgan fingerprint density at radius 2 is 2.17 bits per heavy atom. The predicted molar refractivity (Wildman–Crippen MR) is 68.0 cm³/mol. The number of furan rings is 1. The van der Waals surface area contributed by atoms with Crippen LogP contribution in [0.3, 0.4) is 0 Å². The summed E-state index contributed by atoms with van der Waals surface area (Å²) in [5, 5.41) is 12.0. The highest BCUT2D eigenvalue weighted by molar-refractivity contribution is 6.05. The van der Waals surface area contributed by atoms with Crippen molar-refractivity contribution < 1.29 is 9.21 Å². The Kier molecular flexibility index (Phi) is 3.98. The summed E-state index contributed by atoms with van der Waals surface area (Å²) in [6.45, 7) is 0.583. The Hall–Kier alpha value is -2.28. The minimum absolute atomic E-state index is 0.128. The third-order valence-electron chi connectivity index (χ3n) is 2.73. The highest BCUT2D eigenvalue weighted by atomic mass is 16.3. The number of hydrogen-bond donors (Lipinski definition) is 1. The first-order valence-electron chi connectivity index (χ1n) is 5.94. The van der Waals surface area contributed by atoms with E-state index in [1.165, 1.54) is 6.26 Å². The van der Waals surface area contributed by atoms with Crippen molar-refractivity contribution in [1.29, 1.82) is 5.26 Å². The fourth-order valence-corrected chi connectivity index (χ4v) is 1.78. The number of amides is 1. The summed E-state index contributed by atoms with van der Waals surface area (Å²) in [5.41, 5.74) is 1.28. The number of carbonyl (C=O) groups is 1. The van der Waals surface area contributed by atoms with Crippen molar-refractivity contribution in [3.63, 3.8) is 0 Å². The number of hydrogen-bond acceptors (Lipinski definition) is 3. The van der Waals surface area contributed by atoms with E-state index in [-0.39, 0.29) is 5.91 Å². The van der Waals surface area contributed by atoms with Crippen molar-refractivity contribution in [2.75, 3.05) is 6.54 Å². The average molecular weight is 242 g/mol. The number of nitrogens with one attached hydrogen (secondary N) is 1. The van der Waals surface area contributed by atoms with Gasteiger partial charge in [0.2, 0.25) is 0 Å². The molecule has 4 nitrogen and oxygen atoms in total. The van der Waals surface area contributed by atoms with Crippen LogP contribution in [0.4, 0.5) is 0 Å². The molecule has 0 saturated heterocycles. The van der Waals surface area contributed by atoms with Crippen LogP contribution in [-0.2, 0) is 0 Å². The molecule has 0 aliphatic carbocycles. The first kappa shape index (κ1) is 12.2. The summed E-state index contributed by atoms with van der Waals surface area (Å²) in [5.74, 6) is -0.128. The number of fused-ring (bicyclic) bond motifs is 1. The maximum absolute atomic E-state index is 11.9. The zero-order valence-electron chi connectivity index (χ0n) is 9.98. The molecule has 0 bridgehead atoms. The van der Waals surface area contributed by atoms with Gasteiger partial charge in [-0.05, 0) is 18.9 Å². The zero-order chi connectivity index (χ0) is 12.8. The lowest BCUT2D eigenvalue weighted by Crippen LogP contribution is -2.24. The lowest BCUT2D eigenvalue weighted by molar-refractivity contribution is 0.0954. The normalized spacial score (nSPS) is 10.2. The van der Waals surface area contributed by atoms with Crippen molar-refractivity contribution in [3.05, 3.63) is 36.1 Å². The van der Waals surface area contributed by atoms with Gasteiger partial charge in [-0.1, -0.05) is 18.2 Å². The van der Waals surface area contributed by atoms with Gasteiger partial charge in [-0.25, -0.2) is 0 Å². The number of carbonyl (C=O) groups excluding carboxylic acids is 1. The summed E-state index contributed by atoms with van der Waals surface area (Å²) in [7, 11) is 0. The minimum Gasteiger partial charge on any atom is -0.463 e. The van der Waals surface area contributed by atoms with Crippen LogP contribution in [-0.4, -0.2) is 12.5 Å². The first-order chi connectivity index (χ1) is 8.83. The summed E-state index contributed by atoms with van der Waals surface area (Å²) < 4.78 is 5.31. The van der Waals surface area contributed by atoms with E-state index in [2.05, 4.69) is 11.4 Å². The number of nitrogens with zero attached hydrogens (tertiary/aromatic N) is 1. The molecule has 0 fully saturated rings. The molecule has 0 aliphatic heterocycles. The Morgan fingerprint density at radius 3 is 3.00 bits per heavy atom. The van der Waals surface area contributed by atoms with Crippen LogP contribution in [0, 0.1) is 11.3 Å². The SMILES string of the molecule is N#CCCCCNC(=O)c1coc2ccccc12. The fraction of sp³-hybridized carbons (Fsp3) is 0.286. The molecule has 0 aliphatic rings. The van der Waals surface area contributed by atoms with E-state index in [4.69, 9.17) is 9.68 Å². The van der Waals surface area contributed by atoms with Crippen LogP contribution in [0.1, 0.15) is 29.6 Å². The van der Waals surface area contributed by atoms with Crippen molar-refractivity contribution in [2.45, 2.75) is 19.3 Å². The molecule has 0 atom stereocenters. The molecular weight excluding hydrogens is 228 g/mol. The molecule has 4 heteroatoms. The molecule has 0 saturated carbocycles. The monoisotopic (exact) mass is 242 g/mol. The molecule has 1 aromatic carbocycles. The molecule has 92 valence electrons. The van der Waals surface area contributed by atoms with Crippen molar-refractivity contribution in [2.24, 2.45) is 0 Å². The minimum atomic E-state index is -0.128. The maximum atomic E-state index is 11.9. The molecular formula is C14H14N2O2. The number of rotatable bonds is 5. The van der Waals surface area contributed by atoms with Gasteiger partial charge in [0.25, 0.3) is 5.91 Å². The van der Waals surface area contributed by atoms with Crippen LogP contribution in [0.2, 0.25) is 0 Å². The predicted octanol–water partition coefficient (Wildman–Crippen LogP) is 2.86. The molecule has 1 heterocycles. The van der Waals surface area contributed by atoms with E-state index >= 15 is 0 Å². The summed E-state index contributed by atoms with van der Waals surface area (Å²) in [6, 6.07) is 9.52. The molecule has 0 unspecified atom stereocenters. The second-order valence-electron chi connectivity index (χ2n) is 4.02. The number of nitriles is 1. The van der Waals surface area contributed by atoms with Gasteiger partial charge in [-0.15, -0.1) is 0 Å². The number of para-hydroxylation sites is 1. The lowest BCUT2D eigenvalue weighted by Gasteiger charge is -2.02. The Labute approximate surface area is 105 Å². The van der Waals surface area contributed by atoms with E-state index in [0.29, 0.717) is 24.1 Å². The van der Waals surface area contributed by atoms with Crippen LogP contribution < -0.4 is 5.32 Å². The van der Waals surface area contributed by atoms with E-state index < -0.39 is 0 Å². The quantitative estimate of drug-likeness (QED) is 0.820. The average Bonchev–Trinajstić information content (AvgIpc) is 2.82. The first-order valence-corrected chi connectivity index (χ1v) is 5.94. The number of benzene rings is 1. The largest absolute Gasteiger partial charge is 0.463 e. The molecule has 2 rings (SSSR count). The lowest BCUT2D eigenvalue weighted by atomic mass is 10.1. The molecule has 0 radical (unpaired) electrons. The van der Waals surface area contributed by atoms with Crippen LogP contribution in [0.5, 0.6) is 0 Å². The summed E-state index contributed by atoms with van der Waals surface area (Å²) >= 11 is 0. The van der Waals surface area contributed by atoms with Crippen LogP contribution in [0.25, 0.3) is 11.0 Å². The van der Waals surface area contributed by atoms with Gasteiger partial charge in [0.1, 0.15) is 11.8 Å². The number of unbranched alkanes of at least 4 members (excludes halogenated alkanes) is 2. The second kappa shape index (κ2) is 5.87. The van der Waals surface area contributed by atoms with Gasteiger partial charge < -0.3 is 9.73 Å². The van der Waals surface area contributed by atoms with Gasteiger partial charge in [0, 0.05) is 18.4 Å². The van der Waals surface area contributed by atoms with Crippen molar-refractivity contribution in [1.82, 2.24) is 5.32 Å². The molecule has 1 amide bonds. The standard InChI is InChI=1S/C14H14N2O2/c15-8-4-1-5-9-16-14(17)12-10-18-13-7-3-2-6-11(12)13/h2-3,6-7,10H,1,4-5,9H2,(H,16,17). The van der Waals surface area contributed by atoms with Crippen molar-refractivity contribution >= 4 is 16.9 Å². The second-order valence-corrected chi connectivity index (χ2v) is 4.02. The maximum Gasteiger partial charge on any atom is 0.255 e. The molecule has 2 aromatic rings. The Morgan fingerprint density at radius 1 is 1.33 bits per heavy atom. The Bertz CT molecular complexity index is 581. The van der Waals surface area contributed by atoms with Gasteiger partial charge in [-0.2, -0.15) is 5.26 Å². The van der Waals surface area contributed by atoms with E-state index in [1.54, 1.807) is 0 Å². The van der Waals surface area contributed by atoms with E-state index in [1.807, 2.05) is 24.3 Å². The molecule has 1 aromatic heterocycles. The van der Waals surface area contributed by atoms with Crippen molar-refractivity contribution in [3.8, 4) is 6.07 Å². The zero-order valence-corrected chi connectivity index (χ0v) is 9.98. The smallest absolute Gasteiger partial charge is 0.255 e. The van der Waals surface area contributed by atoms with Gasteiger partial charge >= 0.3 is 0 Å². The summed E-state index contributed by atoms with van der Waals surface area (Å²) in [4.78, 5) is 11.9. The highest BCUT2D eigenvalue weighted by Crippen LogP contribution is 2.20. The van der Waals surface area contributed by atoms with Gasteiger partial charge in [0.05, 0.1) is 11.6 Å². The van der Waals surface area contributed by atoms with E-state index in [0.717, 1.165) is 18.2 Å². The van der Waals surface area contributed by atoms with Gasteiger partial charge in [-0.3, -0.25) is 4.79 Å². The van der Waals surface area contributed by atoms with Gasteiger partial charge in [0.15, 0.2) is 0 Å². The topological polar surface area (TPSA) is 66.0 Å². The third kappa shape index (κ3) is 2.69. The summed E-state index contributed by atoms with van der Waals surface area (Å²) in [6.07, 6.45) is 3.64. The fourth-order valence-electron chi connectivity index (χ4n) is 1.78. The Balaban J connectivity index is 1.95.